The van der Waals surface area contributed by atoms with Crippen LogP contribution in [0.15, 0.2) is 59.6 Å². The lowest BCUT2D eigenvalue weighted by atomic mass is 9.93. The number of hydroxylamine groups is 2. The first-order valence-corrected chi connectivity index (χ1v) is 7.30. The van der Waals surface area contributed by atoms with Gasteiger partial charge in [0, 0.05) is 0 Å². The molecule has 1 aliphatic rings. The van der Waals surface area contributed by atoms with Crippen molar-refractivity contribution in [2.45, 2.75) is 25.6 Å². The molecular formula is C18H20N2O2. The number of ether oxygens (including phenoxy) is 1. The van der Waals surface area contributed by atoms with Crippen LogP contribution in [0, 0.1) is 0 Å². The van der Waals surface area contributed by atoms with E-state index in [0.717, 1.165) is 22.6 Å². The third kappa shape index (κ3) is 2.40. The lowest BCUT2D eigenvalue weighted by molar-refractivity contribution is -0.159. The van der Waals surface area contributed by atoms with E-state index < -0.39 is 11.7 Å². The average Bonchev–Trinajstić information content (AvgIpc) is 2.79. The van der Waals surface area contributed by atoms with E-state index in [4.69, 9.17) is 9.73 Å². The van der Waals surface area contributed by atoms with Crippen molar-refractivity contribution in [2.75, 3.05) is 7.11 Å². The molecular weight excluding hydrogens is 276 g/mol. The number of nitrogens with zero attached hydrogens (tertiary/aromatic N) is 2. The fourth-order valence-electron chi connectivity index (χ4n) is 2.76. The smallest absolute Gasteiger partial charge is 0.151 e. The zero-order valence-electron chi connectivity index (χ0n) is 13.0. The molecule has 1 aliphatic heterocycles. The van der Waals surface area contributed by atoms with Crippen LogP contribution in [0.2, 0.25) is 0 Å². The molecule has 2 aromatic carbocycles. The molecule has 3 rings (SSSR count). The third-order valence-corrected chi connectivity index (χ3v) is 4.10. The minimum atomic E-state index is -0.550. The van der Waals surface area contributed by atoms with Crippen LogP contribution in [-0.4, -0.2) is 28.6 Å². The standard InChI is InChI=1S/C18H20N2O2/c1-18(2)16(13-7-5-4-6-8-13)19-17(20(18)21)14-9-11-15(22-3)12-10-14/h4-12,17,21H,1-3H3/t17-/m1/s1. The Kier molecular flexibility index (Phi) is 3.72. The number of hydrogen-bond acceptors (Lipinski definition) is 4. The molecule has 4 nitrogen and oxygen atoms in total. The van der Waals surface area contributed by atoms with Crippen molar-refractivity contribution in [3.63, 3.8) is 0 Å². The number of hydrogen-bond donors (Lipinski definition) is 1. The molecule has 0 amide bonds. The van der Waals surface area contributed by atoms with E-state index >= 15 is 0 Å². The van der Waals surface area contributed by atoms with Gasteiger partial charge in [-0.2, -0.15) is 5.06 Å². The molecule has 0 spiro atoms. The molecule has 22 heavy (non-hydrogen) atoms. The van der Waals surface area contributed by atoms with Crippen molar-refractivity contribution in [1.29, 1.82) is 0 Å². The first-order valence-electron chi connectivity index (χ1n) is 7.30. The van der Waals surface area contributed by atoms with Crippen molar-refractivity contribution in [2.24, 2.45) is 4.99 Å². The van der Waals surface area contributed by atoms with Crippen LogP contribution in [0.25, 0.3) is 0 Å². The highest BCUT2D eigenvalue weighted by Gasteiger charge is 2.43. The highest BCUT2D eigenvalue weighted by atomic mass is 16.5. The first kappa shape index (κ1) is 14.8. The maximum atomic E-state index is 10.6. The monoisotopic (exact) mass is 296 g/mol. The van der Waals surface area contributed by atoms with Crippen LogP contribution in [-0.2, 0) is 0 Å². The first-order chi connectivity index (χ1) is 10.5. The largest absolute Gasteiger partial charge is 0.497 e. The SMILES string of the molecule is COc1ccc([C@@H]2N=C(c3ccccc3)C(C)(C)N2O)cc1. The van der Waals surface area contributed by atoms with Gasteiger partial charge < -0.3 is 9.94 Å². The Balaban J connectivity index is 2.00. The van der Waals surface area contributed by atoms with Crippen molar-refractivity contribution >= 4 is 5.71 Å². The Hall–Kier alpha value is -2.17. The van der Waals surface area contributed by atoms with E-state index in [-0.39, 0.29) is 0 Å². The van der Waals surface area contributed by atoms with Gasteiger partial charge in [-0.25, -0.2) is 0 Å². The summed E-state index contributed by atoms with van der Waals surface area (Å²) in [6.07, 6.45) is -0.406. The van der Waals surface area contributed by atoms with Crippen LogP contribution >= 0.6 is 0 Å². The average molecular weight is 296 g/mol. The number of methoxy groups -OCH3 is 1. The maximum absolute atomic E-state index is 10.6. The number of rotatable bonds is 3. The van der Waals surface area contributed by atoms with Gasteiger partial charge in [-0.15, -0.1) is 0 Å². The Morgan fingerprint density at radius 1 is 1.05 bits per heavy atom. The van der Waals surface area contributed by atoms with Gasteiger partial charge in [0.2, 0.25) is 0 Å². The summed E-state index contributed by atoms with van der Waals surface area (Å²) in [5, 5.41) is 11.9. The second kappa shape index (κ2) is 5.55. The summed E-state index contributed by atoms with van der Waals surface area (Å²) < 4.78 is 5.18. The Bertz CT molecular complexity index is 678. The van der Waals surface area contributed by atoms with Crippen molar-refractivity contribution in [3.8, 4) is 5.75 Å². The third-order valence-electron chi connectivity index (χ3n) is 4.10. The molecule has 1 atom stereocenters. The van der Waals surface area contributed by atoms with E-state index in [2.05, 4.69) is 0 Å². The van der Waals surface area contributed by atoms with Gasteiger partial charge in [-0.1, -0.05) is 42.5 Å². The maximum Gasteiger partial charge on any atom is 0.151 e. The minimum absolute atomic E-state index is 0.406. The van der Waals surface area contributed by atoms with Crippen LogP contribution in [0.1, 0.15) is 31.1 Å². The van der Waals surface area contributed by atoms with E-state index in [9.17, 15) is 5.21 Å². The van der Waals surface area contributed by atoms with Gasteiger partial charge >= 0.3 is 0 Å². The molecule has 0 saturated heterocycles. The summed E-state index contributed by atoms with van der Waals surface area (Å²) in [7, 11) is 1.64. The Labute approximate surface area is 130 Å². The molecule has 0 bridgehead atoms. The van der Waals surface area contributed by atoms with Gasteiger partial charge in [-0.05, 0) is 37.1 Å². The lowest BCUT2D eigenvalue weighted by Gasteiger charge is -2.30. The topological polar surface area (TPSA) is 45.1 Å². The molecule has 1 heterocycles. The molecule has 0 fully saturated rings. The lowest BCUT2D eigenvalue weighted by Crippen LogP contribution is -2.44. The van der Waals surface area contributed by atoms with Crippen molar-refractivity contribution in [3.05, 3.63) is 65.7 Å². The minimum Gasteiger partial charge on any atom is -0.497 e. The second-order valence-corrected chi connectivity index (χ2v) is 5.89. The molecule has 2 aromatic rings. The summed E-state index contributed by atoms with van der Waals surface area (Å²) in [6.45, 7) is 3.95. The van der Waals surface area contributed by atoms with E-state index in [1.54, 1.807) is 7.11 Å². The van der Waals surface area contributed by atoms with Crippen molar-refractivity contribution < 1.29 is 9.94 Å². The normalized spacial score (nSPS) is 20.7. The van der Waals surface area contributed by atoms with Crippen LogP contribution in [0.4, 0.5) is 0 Å². The summed E-state index contributed by atoms with van der Waals surface area (Å²) in [4.78, 5) is 4.77. The fraction of sp³-hybridized carbons (Fsp3) is 0.278. The molecule has 0 aromatic heterocycles. The highest BCUT2D eigenvalue weighted by molar-refractivity contribution is 6.07. The van der Waals surface area contributed by atoms with Gasteiger partial charge in [0.25, 0.3) is 0 Å². The molecule has 4 heteroatoms. The molecule has 0 aliphatic carbocycles. The summed E-state index contributed by atoms with van der Waals surface area (Å²) in [5.41, 5.74) is 2.30. The van der Waals surface area contributed by atoms with Crippen LogP contribution < -0.4 is 4.74 Å². The molecule has 0 saturated carbocycles. The van der Waals surface area contributed by atoms with E-state index in [0.29, 0.717) is 0 Å². The number of benzene rings is 2. The quantitative estimate of drug-likeness (QED) is 0.940. The van der Waals surface area contributed by atoms with E-state index in [1.165, 1.54) is 5.06 Å². The summed E-state index contributed by atoms with van der Waals surface area (Å²) in [5.74, 6) is 0.790. The van der Waals surface area contributed by atoms with E-state index in [1.807, 2.05) is 68.4 Å². The second-order valence-electron chi connectivity index (χ2n) is 5.89. The van der Waals surface area contributed by atoms with Gasteiger partial charge in [0.05, 0.1) is 18.4 Å². The van der Waals surface area contributed by atoms with Crippen LogP contribution in [0.5, 0.6) is 5.75 Å². The summed E-state index contributed by atoms with van der Waals surface area (Å²) >= 11 is 0. The predicted molar refractivity (Wildman–Crippen MR) is 86.4 cm³/mol. The molecule has 1 N–H and O–H groups in total. The Morgan fingerprint density at radius 3 is 2.27 bits per heavy atom. The highest BCUT2D eigenvalue weighted by Crippen LogP contribution is 2.37. The molecule has 114 valence electrons. The van der Waals surface area contributed by atoms with Gasteiger partial charge in [0.1, 0.15) is 5.75 Å². The summed E-state index contributed by atoms with van der Waals surface area (Å²) in [6, 6.07) is 17.6. The fourth-order valence-corrected chi connectivity index (χ4v) is 2.76. The Morgan fingerprint density at radius 2 is 1.68 bits per heavy atom. The molecule has 0 unspecified atom stereocenters. The molecule has 0 radical (unpaired) electrons. The van der Waals surface area contributed by atoms with Crippen molar-refractivity contribution in [1.82, 2.24) is 5.06 Å². The van der Waals surface area contributed by atoms with Crippen LogP contribution in [0.3, 0.4) is 0 Å². The zero-order chi connectivity index (χ0) is 15.7. The van der Waals surface area contributed by atoms with Gasteiger partial charge in [-0.3, -0.25) is 4.99 Å². The predicted octanol–water partition coefficient (Wildman–Crippen LogP) is 3.67. The number of aliphatic imine (C=N–C) groups is 1. The van der Waals surface area contributed by atoms with Gasteiger partial charge in [0.15, 0.2) is 6.17 Å². The zero-order valence-corrected chi connectivity index (χ0v) is 13.0.